The Labute approximate surface area is 136 Å². The molecule has 1 amide bonds. The van der Waals surface area contributed by atoms with E-state index in [-0.39, 0.29) is 17.1 Å². The highest BCUT2D eigenvalue weighted by Gasteiger charge is 2.42. The van der Waals surface area contributed by atoms with Crippen molar-refractivity contribution in [2.45, 2.75) is 45.4 Å². The third-order valence-electron chi connectivity index (χ3n) is 5.59. The number of rotatable bonds is 1. The molecule has 0 bridgehead atoms. The number of likely N-dealkylation sites (tertiary alicyclic amines) is 1. The molecule has 23 heavy (non-hydrogen) atoms. The van der Waals surface area contributed by atoms with Crippen LogP contribution in [0.5, 0.6) is 0 Å². The molecule has 5 nitrogen and oxygen atoms in total. The van der Waals surface area contributed by atoms with Crippen LogP contribution in [0.1, 0.15) is 64.3 Å². The van der Waals surface area contributed by atoms with Gasteiger partial charge in [-0.05, 0) is 32.6 Å². The first-order valence-corrected chi connectivity index (χ1v) is 8.62. The van der Waals surface area contributed by atoms with Crippen LogP contribution in [0.15, 0.2) is 4.42 Å². The molecule has 1 unspecified atom stereocenters. The van der Waals surface area contributed by atoms with E-state index < -0.39 is 0 Å². The Bertz CT molecular complexity index is 654. The number of Topliss-reactive ketones (excluding diaryl/α,β-unsaturated/α-hetero) is 1. The monoisotopic (exact) mass is 317 g/mol. The molecule has 1 atom stereocenters. The van der Waals surface area contributed by atoms with E-state index in [2.05, 4.69) is 0 Å². The fraction of sp³-hybridized carbons (Fsp3) is 0.667. The van der Waals surface area contributed by atoms with Crippen LogP contribution in [-0.2, 0) is 11.2 Å². The van der Waals surface area contributed by atoms with Gasteiger partial charge in [-0.1, -0.05) is 0 Å². The topological polar surface area (TPSA) is 59.8 Å². The van der Waals surface area contributed by atoms with Gasteiger partial charge in [0.05, 0.1) is 17.7 Å². The van der Waals surface area contributed by atoms with E-state index >= 15 is 0 Å². The maximum Gasteiger partial charge on any atom is 0.258 e. The van der Waals surface area contributed by atoms with E-state index in [4.69, 9.17) is 9.15 Å². The molecule has 1 aromatic heterocycles. The number of furan rings is 1. The Balaban J connectivity index is 1.64. The summed E-state index contributed by atoms with van der Waals surface area (Å²) in [6.07, 6.45) is 5.24. The predicted octanol–water partition coefficient (Wildman–Crippen LogP) is 2.75. The summed E-state index contributed by atoms with van der Waals surface area (Å²) in [6.45, 7) is 4.84. The van der Waals surface area contributed by atoms with E-state index in [0.29, 0.717) is 29.1 Å². The molecule has 0 aromatic carbocycles. The fourth-order valence-electron chi connectivity index (χ4n) is 4.38. The van der Waals surface area contributed by atoms with Crippen molar-refractivity contribution in [3.8, 4) is 0 Å². The number of aryl methyl sites for hydroxylation is 2. The number of nitrogens with zero attached hydrogens (tertiary/aromatic N) is 1. The molecule has 0 radical (unpaired) electrons. The molecule has 1 spiro atoms. The largest absolute Gasteiger partial charge is 0.465 e. The zero-order valence-electron chi connectivity index (χ0n) is 13.7. The molecule has 2 aliphatic heterocycles. The number of hydrogen-bond donors (Lipinski definition) is 0. The highest BCUT2D eigenvalue weighted by atomic mass is 16.5. The van der Waals surface area contributed by atoms with Crippen LogP contribution < -0.4 is 0 Å². The van der Waals surface area contributed by atoms with Crippen LogP contribution >= 0.6 is 0 Å². The van der Waals surface area contributed by atoms with Crippen molar-refractivity contribution in [3.63, 3.8) is 0 Å². The third kappa shape index (κ3) is 2.42. The van der Waals surface area contributed by atoms with E-state index in [0.717, 1.165) is 58.4 Å². The zero-order chi connectivity index (χ0) is 16.0. The Kier molecular flexibility index (Phi) is 3.56. The average Bonchev–Trinajstić information content (AvgIpc) is 3.11. The molecule has 0 N–H and O–H groups in total. The van der Waals surface area contributed by atoms with Gasteiger partial charge in [0.15, 0.2) is 5.78 Å². The third-order valence-corrected chi connectivity index (χ3v) is 5.59. The molecule has 5 heteroatoms. The van der Waals surface area contributed by atoms with Gasteiger partial charge in [0, 0.05) is 38.0 Å². The number of ether oxygens (including phenoxy) is 1. The van der Waals surface area contributed by atoms with Gasteiger partial charge in [0.1, 0.15) is 11.5 Å². The highest BCUT2D eigenvalue weighted by molar-refractivity contribution is 6.10. The summed E-state index contributed by atoms with van der Waals surface area (Å²) in [7, 11) is 0. The van der Waals surface area contributed by atoms with Gasteiger partial charge < -0.3 is 14.1 Å². The van der Waals surface area contributed by atoms with Gasteiger partial charge in [-0.25, -0.2) is 0 Å². The SMILES string of the molecule is Cc1oc2c(c1C(=O)N1CCCC3(CCOC3)C1)C(=O)CCC2. The van der Waals surface area contributed by atoms with Gasteiger partial charge in [-0.2, -0.15) is 0 Å². The minimum atomic E-state index is -0.0336. The molecule has 1 aromatic rings. The number of amides is 1. The molecule has 1 aliphatic carbocycles. The lowest BCUT2D eigenvalue weighted by Gasteiger charge is -2.39. The lowest BCUT2D eigenvalue weighted by Crippen LogP contribution is -2.46. The van der Waals surface area contributed by atoms with Crippen molar-refractivity contribution in [1.82, 2.24) is 4.90 Å². The average molecular weight is 317 g/mol. The first kappa shape index (κ1) is 14.9. The summed E-state index contributed by atoms with van der Waals surface area (Å²) in [5.74, 6) is 1.33. The van der Waals surface area contributed by atoms with Gasteiger partial charge in [0.25, 0.3) is 5.91 Å². The standard InChI is InChI=1S/C18H23NO4/c1-12-15(16-13(20)4-2-5-14(16)23-12)17(21)19-8-3-6-18(10-19)7-9-22-11-18/h2-11H2,1H3. The normalized spacial score (nSPS) is 27.5. The van der Waals surface area contributed by atoms with E-state index in [1.165, 1.54) is 0 Å². The van der Waals surface area contributed by atoms with Gasteiger partial charge in [0.2, 0.25) is 0 Å². The van der Waals surface area contributed by atoms with Gasteiger partial charge >= 0.3 is 0 Å². The molecular formula is C18H23NO4. The second-order valence-electron chi connectivity index (χ2n) is 7.24. The zero-order valence-corrected chi connectivity index (χ0v) is 13.7. The number of fused-ring (bicyclic) bond motifs is 1. The minimum Gasteiger partial charge on any atom is -0.465 e. The second kappa shape index (κ2) is 5.48. The van der Waals surface area contributed by atoms with Crippen LogP contribution in [0.25, 0.3) is 0 Å². The van der Waals surface area contributed by atoms with Crippen LogP contribution in [0.4, 0.5) is 0 Å². The number of carbonyl (C=O) groups is 2. The summed E-state index contributed by atoms with van der Waals surface area (Å²) in [6, 6.07) is 0. The molecule has 0 saturated carbocycles. The highest BCUT2D eigenvalue weighted by Crippen LogP contribution is 2.39. The van der Waals surface area contributed by atoms with Crippen LogP contribution in [0, 0.1) is 12.3 Å². The minimum absolute atomic E-state index is 0.0336. The summed E-state index contributed by atoms with van der Waals surface area (Å²) in [5, 5.41) is 0. The molecular weight excluding hydrogens is 294 g/mol. The van der Waals surface area contributed by atoms with Crippen LogP contribution in [0.2, 0.25) is 0 Å². The van der Waals surface area contributed by atoms with Crippen LogP contribution in [-0.4, -0.2) is 42.9 Å². The van der Waals surface area contributed by atoms with Crippen molar-refractivity contribution in [3.05, 3.63) is 22.6 Å². The summed E-state index contributed by atoms with van der Waals surface area (Å²) in [4.78, 5) is 27.3. The van der Waals surface area contributed by atoms with Crippen molar-refractivity contribution in [2.75, 3.05) is 26.3 Å². The molecule has 2 fully saturated rings. The van der Waals surface area contributed by atoms with E-state index in [9.17, 15) is 9.59 Å². The Morgan fingerprint density at radius 2 is 2.09 bits per heavy atom. The molecule has 2 saturated heterocycles. The van der Waals surface area contributed by atoms with E-state index in [1.54, 1.807) is 6.92 Å². The predicted molar refractivity (Wildman–Crippen MR) is 83.7 cm³/mol. The molecule has 3 aliphatic rings. The number of hydrogen-bond acceptors (Lipinski definition) is 4. The Morgan fingerprint density at radius 3 is 2.87 bits per heavy atom. The van der Waals surface area contributed by atoms with Gasteiger partial charge in [-0.3, -0.25) is 9.59 Å². The van der Waals surface area contributed by atoms with E-state index in [1.807, 2.05) is 4.90 Å². The quantitative estimate of drug-likeness (QED) is 0.799. The molecule has 124 valence electrons. The maximum atomic E-state index is 13.1. The number of piperidine rings is 1. The van der Waals surface area contributed by atoms with Crippen LogP contribution in [0.3, 0.4) is 0 Å². The Morgan fingerprint density at radius 1 is 1.22 bits per heavy atom. The number of carbonyl (C=O) groups excluding carboxylic acids is 2. The second-order valence-corrected chi connectivity index (χ2v) is 7.24. The molecule has 4 rings (SSSR count). The summed E-state index contributed by atoms with van der Waals surface area (Å²) in [5.41, 5.74) is 1.19. The smallest absolute Gasteiger partial charge is 0.258 e. The summed E-state index contributed by atoms with van der Waals surface area (Å²) < 4.78 is 11.3. The lowest BCUT2D eigenvalue weighted by molar-refractivity contribution is 0.0459. The summed E-state index contributed by atoms with van der Waals surface area (Å²) >= 11 is 0. The fourth-order valence-corrected chi connectivity index (χ4v) is 4.38. The first-order valence-electron chi connectivity index (χ1n) is 8.62. The molecule has 3 heterocycles. The lowest BCUT2D eigenvalue weighted by atomic mass is 9.79. The Hall–Kier alpha value is -1.62. The maximum absolute atomic E-state index is 13.1. The van der Waals surface area contributed by atoms with Crippen molar-refractivity contribution < 1.29 is 18.7 Å². The van der Waals surface area contributed by atoms with Crippen molar-refractivity contribution in [1.29, 1.82) is 0 Å². The number of ketones is 1. The van der Waals surface area contributed by atoms with Crippen molar-refractivity contribution >= 4 is 11.7 Å². The van der Waals surface area contributed by atoms with Gasteiger partial charge in [-0.15, -0.1) is 0 Å². The first-order chi connectivity index (χ1) is 11.1. The van der Waals surface area contributed by atoms with Crippen molar-refractivity contribution in [2.24, 2.45) is 5.41 Å².